The van der Waals surface area contributed by atoms with Crippen LogP contribution in [0.5, 0.6) is 0 Å². The van der Waals surface area contributed by atoms with Gasteiger partial charge in [-0.25, -0.2) is 9.98 Å². The molecule has 1 N–H and O–H groups in total. The normalized spacial score (nSPS) is 19.9. The van der Waals surface area contributed by atoms with Crippen molar-refractivity contribution in [3.05, 3.63) is 54.4 Å². The van der Waals surface area contributed by atoms with Gasteiger partial charge in [0.05, 0.1) is 30.1 Å². The number of guanidine groups is 1. The highest BCUT2D eigenvalue weighted by molar-refractivity contribution is 5.98. The summed E-state index contributed by atoms with van der Waals surface area (Å²) in [5.41, 5.74) is 3.02. The highest BCUT2D eigenvalue weighted by atomic mass is 15.5. The predicted octanol–water partition coefficient (Wildman–Crippen LogP) is 2.38. The first-order chi connectivity index (χ1) is 12.7. The number of imidazole rings is 1. The van der Waals surface area contributed by atoms with Crippen molar-refractivity contribution in [2.45, 2.75) is 26.1 Å². The van der Waals surface area contributed by atoms with Crippen LogP contribution in [0.4, 0.5) is 5.95 Å². The largest absolute Gasteiger partial charge is 0.330 e. The lowest BCUT2D eigenvalue weighted by Gasteiger charge is -2.42. The number of aliphatic imine (C=N–C) groups is 1. The van der Waals surface area contributed by atoms with Crippen molar-refractivity contribution in [3.8, 4) is 0 Å². The molecule has 0 bridgehead atoms. The molecule has 7 nitrogen and oxygen atoms in total. The molecule has 3 aromatic rings. The molecule has 0 fully saturated rings. The summed E-state index contributed by atoms with van der Waals surface area (Å²) in [5.74, 6) is 1.77. The Labute approximate surface area is 152 Å². The van der Waals surface area contributed by atoms with Crippen molar-refractivity contribution in [1.29, 1.82) is 0 Å². The number of benzene rings is 1. The number of anilines is 1. The Morgan fingerprint density at radius 3 is 2.77 bits per heavy atom. The third-order valence-corrected chi connectivity index (χ3v) is 5.02. The number of fused-ring (bicyclic) bond motifs is 5. The van der Waals surface area contributed by atoms with E-state index in [-0.39, 0.29) is 6.17 Å². The van der Waals surface area contributed by atoms with Crippen LogP contribution in [0.2, 0.25) is 0 Å². The second-order valence-corrected chi connectivity index (χ2v) is 6.95. The van der Waals surface area contributed by atoms with Crippen LogP contribution in [-0.2, 0) is 0 Å². The fourth-order valence-corrected chi connectivity index (χ4v) is 3.55. The average Bonchev–Trinajstić information content (AvgIpc) is 3.07. The van der Waals surface area contributed by atoms with Gasteiger partial charge < -0.3 is 5.32 Å². The molecule has 26 heavy (non-hydrogen) atoms. The Hall–Kier alpha value is -2.93. The fraction of sp³-hybridized carbons (Fsp3) is 0.316. The maximum absolute atomic E-state index is 4.92. The monoisotopic (exact) mass is 347 g/mol. The first-order valence-electron chi connectivity index (χ1n) is 8.93. The van der Waals surface area contributed by atoms with E-state index < -0.39 is 0 Å². The summed E-state index contributed by atoms with van der Waals surface area (Å²) >= 11 is 0. The minimum Gasteiger partial charge on any atom is -0.330 e. The molecule has 0 aliphatic carbocycles. The van der Waals surface area contributed by atoms with E-state index in [1.54, 1.807) is 0 Å². The van der Waals surface area contributed by atoms with Crippen LogP contribution in [0.15, 0.2) is 53.7 Å². The molecule has 0 saturated heterocycles. The van der Waals surface area contributed by atoms with Crippen molar-refractivity contribution < 1.29 is 0 Å². The molecule has 2 aromatic heterocycles. The molecular formula is C19H21N7. The van der Waals surface area contributed by atoms with E-state index in [4.69, 9.17) is 9.98 Å². The SMILES string of the molecule is CC(C)N1CN=C2N[C@@H](c3ccccn3)n3c(nc4ccccc43)N2C1. The van der Waals surface area contributed by atoms with Crippen molar-refractivity contribution in [2.24, 2.45) is 4.99 Å². The molecule has 7 heteroatoms. The molecular weight excluding hydrogens is 326 g/mol. The quantitative estimate of drug-likeness (QED) is 0.771. The third-order valence-electron chi connectivity index (χ3n) is 5.02. The van der Waals surface area contributed by atoms with Crippen LogP contribution in [0.1, 0.15) is 25.7 Å². The van der Waals surface area contributed by atoms with E-state index in [2.05, 4.69) is 50.6 Å². The van der Waals surface area contributed by atoms with Gasteiger partial charge in [0.1, 0.15) is 0 Å². The fourth-order valence-electron chi connectivity index (χ4n) is 3.55. The summed E-state index contributed by atoms with van der Waals surface area (Å²) in [6.07, 6.45) is 1.70. The van der Waals surface area contributed by atoms with Crippen LogP contribution in [0, 0.1) is 0 Å². The van der Waals surface area contributed by atoms with Gasteiger partial charge in [-0.1, -0.05) is 18.2 Å². The lowest BCUT2D eigenvalue weighted by molar-refractivity contribution is 0.221. The number of hydrogen-bond donors (Lipinski definition) is 1. The molecule has 2 aliphatic rings. The van der Waals surface area contributed by atoms with Gasteiger partial charge in [0.15, 0.2) is 6.17 Å². The smallest absolute Gasteiger partial charge is 0.216 e. The van der Waals surface area contributed by atoms with E-state index in [1.807, 2.05) is 36.5 Å². The van der Waals surface area contributed by atoms with Crippen molar-refractivity contribution in [1.82, 2.24) is 24.8 Å². The average molecular weight is 347 g/mol. The van der Waals surface area contributed by atoms with Crippen molar-refractivity contribution >= 4 is 22.9 Å². The second kappa shape index (κ2) is 5.81. The molecule has 1 atom stereocenters. The number of pyridine rings is 1. The van der Waals surface area contributed by atoms with Gasteiger partial charge in [-0.2, -0.15) is 0 Å². The van der Waals surface area contributed by atoms with Crippen molar-refractivity contribution in [2.75, 3.05) is 18.2 Å². The Morgan fingerprint density at radius 2 is 1.96 bits per heavy atom. The van der Waals surface area contributed by atoms with E-state index in [0.29, 0.717) is 12.7 Å². The molecule has 0 amide bonds. The van der Waals surface area contributed by atoms with E-state index in [9.17, 15) is 0 Å². The van der Waals surface area contributed by atoms with E-state index >= 15 is 0 Å². The number of nitrogens with one attached hydrogen (secondary N) is 1. The lowest BCUT2D eigenvalue weighted by Crippen LogP contribution is -2.58. The second-order valence-electron chi connectivity index (χ2n) is 6.95. The number of hydrogen-bond acceptors (Lipinski definition) is 6. The van der Waals surface area contributed by atoms with Gasteiger partial charge in [0.2, 0.25) is 11.9 Å². The molecule has 0 spiro atoms. The summed E-state index contributed by atoms with van der Waals surface area (Å²) in [6.45, 7) is 5.84. The minimum absolute atomic E-state index is 0.126. The van der Waals surface area contributed by atoms with Gasteiger partial charge in [-0.3, -0.25) is 19.4 Å². The molecule has 4 heterocycles. The standard InChI is InChI=1S/C19H21N7/c1-13(2)24-11-21-18-23-17(15-8-5-6-10-20-15)26-16-9-4-3-7-14(16)22-19(26)25(18)12-24/h3-10,13,17H,11-12H2,1-2H3,(H,21,23)/t17-/m1/s1. The van der Waals surface area contributed by atoms with Gasteiger partial charge in [-0.05, 0) is 38.1 Å². The zero-order valence-electron chi connectivity index (χ0n) is 14.9. The minimum atomic E-state index is -0.126. The molecule has 5 rings (SSSR count). The topological polar surface area (TPSA) is 61.6 Å². The van der Waals surface area contributed by atoms with E-state index in [0.717, 1.165) is 35.3 Å². The van der Waals surface area contributed by atoms with Crippen LogP contribution < -0.4 is 10.2 Å². The van der Waals surface area contributed by atoms with Crippen LogP contribution in [0.25, 0.3) is 11.0 Å². The number of nitrogens with zero attached hydrogens (tertiary/aromatic N) is 6. The zero-order chi connectivity index (χ0) is 17.7. The van der Waals surface area contributed by atoms with Crippen LogP contribution >= 0.6 is 0 Å². The molecule has 0 radical (unpaired) electrons. The molecule has 132 valence electrons. The zero-order valence-corrected chi connectivity index (χ0v) is 14.9. The summed E-state index contributed by atoms with van der Waals surface area (Å²) in [6, 6.07) is 14.6. The molecule has 0 saturated carbocycles. The molecule has 0 unspecified atom stereocenters. The number of rotatable bonds is 2. The predicted molar refractivity (Wildman–Crippen MR) is 102 cm³/mol. The van der Waals surface area contributed by atoms with Gasteiger partial charge in [0.25, 0.3) is 0 Å². The van der Waals surface area contributed by atoms with Crippen LogP contribution in [0.3, 0.4) is 0 Å². The number of para-hydroxylation sites is 2. The van der Waals surface area contributed by atoms with Gasteiger partial charge in [0, 0.05) is 12.2 Å². The molecule has 1 aromatic carbocycles. The summed E-state index contributed by atoms with van der Waals surface area (Å²) < 4.78 is 2.22. The summed E-state index contributed by atoms with van der Waals surface area (Å²) in [4.78, 5) is 18.7. The number of aromatic nitrogens is 3. The van der Waals surface area contributed by atoms with Crippen molar-refractivity contribution in [3.63, 3.8) is 0 Å². The van der Waals surface area contributed by atoms with E-state index in [1.165, 1.54) is 0 Å². The van der Waals surface area contributed by atoms with Crippen LogP contribution in [-0.4, -0.2) is 44.8 Å². The first-order valence-corrected chi connectivity index (χ1v) is 8.93. The Morgan fingerprint density at radius 1 is 1.12 bits per heavy atom. The first kappa shape index (κ1) is 15.3. The molecule has 2 aliphatic heterocycles. The Bertz CT molecular complexity index is 976. The highest BCUT2D eigenvalue weighted by Crippen LogP contribution is 2.33. The Balaban J connectivity index is 1.70. The summed E-state index contributed by atoms with van der Waals surface area (Å²) in [5, 5.41) is 3.58. The van der Waals surface area contributed by atoms with Gasteiger partial charge >= 0.3 is 0 Å². The summed E-state index contributed by atoms with van der Waals surface area (Å²) in [7, 11) is 0. The maximum Gasteiger partial charge on any atom is 0.216 e. The maximum atomic E-state index is 4.92. The van der Waals surface area contributed by atoms with Gasteiger partial charge in [-0.15, -0.1) is 0 Å². The lowest BCUT2D eigenvalue weighted by atomic mass is 10.2. The third kappa shape index (κ3) is 2.28. The Kier molecular flexibility index (Phi) is 3.43. The highest BCUT2D eigenvalue weighted by Gasteiger charge is 2.36.